The number of carbonyl (C=O) groups excluding carboxylic acids is 1. The Balaban J connectivity index is 1.70. The lowest BCUT2D eigenvalue weighted by Gasteiger charge is -2.26. The highest BCUT2D eigenvalue weighted by Crippen LogP contribution is 2.38. The zero-order chi connectivity index (χ0) is 19.8. The number of amides is 1. The summed E-state index contributed by atoms with van der Waals surface area (Å²) in [5.41, 5.74) is 3.15. The van der Waals surface area contributed by atoms with Crippen LogP contribution in [-0.2, 0) is 20.0 Å². The molecule has 0 spiro atoms. The summed E-state index contributed by atoms with van der Waals surface area (Å²) in [5, 5.41) is 4.76. The molecule has 0 saturated carbocycles. The van der Waals surface area contributed by atoms with E-state index in [1.54, 1.807) is 27.9 Å². The van der Waals surface area contributed by atoms with E-state index in [2.05, 4.69) is 5.10 Å². The molecule has 2 heterocycles. The number of benzene rings is 2. The molecule has 0 bridgehead atoms. The SMILES string of the molecule is COc1ccc(CN2C(=O)c3ccccc3[C@H]2Cc2c(Cl)cnn2C)cc1F. The monoisotopic (exact) mass is 399 g/mol. The number of halogens is 2. The van der Waals surface area contributed by atoms with E-state index < -0.39 is 5.82 Å². The second kappa shape index (κ2) is 7.28. The average Bonchev–Trinajstić information content (AvgIpc) is 3.14. The highest BCUT2D eigenvalue weighted by molar-refractivity contribution is 6.31. The van der Waals surface area contributed by atoms with Crippen LogP contribution in [0.3, 0.4) is 0 Å². The van der Waals surface area contributed by atoms with Crippen LogP contribution in [0.25, 0.3) is 0 Å². The Hall–Kier alpha value is -2.86. The minimum absolute atomic E-state index is 0.0740. The molecule has 7 heteroatoms. The van der Waals surface area contributed by atoms with E-state index in [1.807, 2.05) is 31.3 Å². The van der Waals surface area contributed by atoms with E-state index in [1.165, 1.54) is 13.2 Å². The fourth-order valence-corrected chi connectivity index (χ4v) is 3.95. The number of nitrogens with zero attached hydrogens (tertiary/aromatic N) is 3. The summed E-state index contributed by atoms with van der Waals surface area (Å²) in [4.78, 5) is 14.8. The second-order valence-electron chi connectivity index (χ2n) is 6.77. The number of fused-ring (bicyclic) bond motifs is 1. The molecular weight excluding hydrogens is 381 g/mol. The number of hydrogen-bond acceptors (Lipinski definition) is 3. The average molecular weight is 400 g/mol. The van der Waals surface area contributed by atoms with Crippen LogP contribution in [0.4, 0.5) is 4.39 Å². The first-order chi connectivity index (χ1) is 13.5. The lowest BCUT2D eigenvalue weighted by atomic mass is 10.0. The van der Waals surface area contributed by atoms with Gasteiger partial charge in [0.25, 0.3) is 5.91 Å². The predicted molar refractivity (Wildman–Crippen MR) is 104 cm³/mol. The lowest BCUT2D eigenvalue weighted by Crippen LogP contribution is -2.29. The summed E-state index contributed by atoms with van der Waals surface area (Å²) < 4.78 is 20.8. The summed E-state index contributed by atoms with van der Waals surface area (Å²) in [5.74, 6) is -0.344. The first-order valence-corrected chi connectivity index (χ1v) is 9.26. The van der Waals surface area contributed by atoms with Gasteiger partial charge in [-0.05, 0) is 29.3 Å². The summed E-state index contributed by atoms with van der Waals surface area (Å²) >= 11 is 6.30. The lowest BCUT2D eigenvalue weighted by molar-refractivity contribution is 0.0707. The van der Waals surface area contributed by atoms with E-state index in [0.717, 1.165) is 11.3 Å². The Morgan fingerprint density at radius 1 is 1.25 bits per heavy atom. The molecule has 144 valence electrons. The Labute approximate surface area is 167 Å². The zero-order valence-corrected chi connectivity index (χ0v) is 16.3. The Morgan fingerprint density at radius 3 is 2.71 bits per heavy atom. The van der Waals surface area contributed by atoms with Gasteiger partial charge in [0.05, 0.1) is 30.1 Å². The molecule has 1 amide bonds. The van der Waals surface area contributed by atoms with Crippen molar-refractivity contribution in [1.29, 1.82) is 0 Å². The molecule has 3 aromatic rings. The van der Waals surface area contributed by atoms with Crippen molar-refractivity contribution in [3.8, 4) is 5.75 Å². The molecule has 4 rings (SSSR count). The Bertz CT molecular complexity index is 1030. The Morgan fingerprint density at radius 2 is 2.04 bits per heavy atom. The van der Waals surface area contributed by atoms with E-state index >= 15 is 0 Å². The normalized spacial score (nSPS) is 15.8. The van der Waals surface area contributed by atoms with Gasteiger partial charge in [0.15, 0.2) is 11.6 Å². The van der Waals surface area contributed by atoms with Crippen LogP contribution in [0.1, 0.15) is 33.2 Å². The highest BCUT2D eigenvalue weighted by atomic mass is 35.5. The van der Waals surface area contributed by atoms with Crippen molar-refractivity contribution in [2.24, 2.45) is 7.05 Å². The van der Waals surface area contributed by atoms with E-state index in [0.29, 0.717) is 22.6 Å². The molecule has 1 aliphatic heterocycles. The Kier molecular flexibility index (Phi) is 4.81. The van der Waals surface area contributed by atoms with Crippen molar-refractivity contribution in [1.82, 2.24) is 14.7 Å². The van der Waals surface area contributed by atoms with Gasteiger partial charge >= 0.3 is 0 Å². The fourth-order valence-electron chi connectivity index (χ4n) is 3.70. The molecule has 0 N–H and O–H groups in total. The third-order valence-corrected chi connectivity index (χ3v) is 5.47. The number of hydrogen-bond donors (Lipinski definition) is 0. The third kappa shape index (κ3) is 3.14. The molecule has 1 aromatic heterocycles. The quantitative estimate of drug-likeness (QED) is 0.647. The van der Waals surface area contributed by atoms with Gasteiger partial charge in [0.1, 0.15) is 0 Å². The van der Waals surface area contributed by atoms with Crippen LogP contribution in [-0.4, -0.2) is 27.7 Å². The second-order valence-corrected chi connectivity index (χ2v) is 7.18. The maximum atomic E-state index is 14.1. The van der Waals surface area contributed by atoms with E-state index in [9.17, 15) is 9.18 Å². The maximum Gasteiger partial charge on any atom is 0.255 e. The highest BCUT2D eigenvalue weighted by Gasteiger charge is 2.37. The largest absolute Gasteiger partial charge is 0.494 e. The molecule has 28 heavy (non-hydrogen) atoms. The smallest absolute Gasteiger partial charge is 0.255 e. The minimum atomic E-state index is -0.449. The minimum Gasteiger partial charge on any atom is -0.494 e. The number of ether oxygens (including phenoxy) is 1. The summed E-state index contributed by atoms with van der Waals surface area (Å²) in [6.45, 7) is 0.286. The van der Waals surface area contributed by atoms with Gasteiger partial charge < -0.3 is 9.64 Å². The van der Waals surface area contributed by atoms with E-state index in [4.69, 9.17) is 16.3 Å². The van der Waals surface area contributed by atoms with Crippen molar-refractivity contribution in [2.45, 2.75) is 19.0 Å². The van der Waals surface area contributed by atoms with Crippen molar-refractivity contribution in [3.63, 3.8) is 0 Å². The predicted octanol–water partition coefficient (Wildman–Crippen LogP) is 4.16. The van der Waals surface area contributed by atoms with Crippen LogP contribution in [0, 0.1) is 5.82 Å². The molecule has 0 aliphatic carbocycles. The van der Waals surface area contributed by atoms with Gasteiger partial charge in [-0.3, -0.25) is 9.48 Å². The van der Waals surface area contributed by atoms with Gasteiger partial charge in [-0.25, -0.2) is 4.39 Å². The number of methoxy groups -OCH3 is 1. The van der Waals surface area contributed by atoms with Gasteiger partial charge in [-0.2, -0.15) is 5.10 Å². The molecule has 0 fully saturated rings. The number of aromatic nitrogens is 2. The molecular formula is C21H19ClFN3O2. The van der Waals surface area contributed by atoms with Crippen molar-refractivity contribution >= 4 is 17.5 Å². The topological polar surface area (TPSA) is 47.4 Å². The molecule has 1 aliphatic rings. The summed E-state index contributed by atoms with van der Waals surface area (Å²) in [6.07, 6.45) is 2.12. The van der Waals surface area contributed by atoms with Crippen LogP contribution in [0.5, 0.6) is 5.75 Å². The van der Waals surface area contributed by atoms with Gasteiger partial charge in [-0.1, -0.05) is 35.9 Å². The van der Waals surface area contributed by atoms with Gasteiger partial charge in [0, 0.05) is 25.6 Å². The molecule has 2 aromatic carbocycles. The van der Waals surface area contributed by atoms with Crippen molar-refractivity contribution in [3.05, 3.63) is 81.9 Å². The fraction of sp³-hybridized carbons (Fsp3) is 0.238. The number of rotatable bonds is 5. The molecule has 1 atom stereocenters. The number of carbonyl (C=O) groups is 1. The van der Waals surface area contributed by atoms with Gasteiger partial charge in [0.2, 0.25) is 0 Å². The summed E-state index contributed by atoms with van der Waals surface area (Å²) in [6, 6.07) is 12.1. The summed E-state index contributed by atoms with van der Waals surface area (Å²) in [7, 11) is 3.25. The third-order valence-electron chi connectivity index (χ3n) is 5.15. The van der Waals surface area contributed by atoms with Crippen LogP contribution < -0.4 is 4.74 Å². The van der Waals surface area contributed by atoms with Crippen molar-refractivity contribution < 1.29 is 13.9 Å². The molecule has 0 saturated heterocycles. The molecule has 0 radical (unpaired) electrons. The zero-order valence-electron chi connectivity index (χ0n) is 15.5. The van der Waals surface area contributed by atoms with Crippen LogP contribution in [0.2, 0.25) is 5.02 Å². The van der Waals surface area contributed by atoms with Crippen LogP contribution >= 0.6 is 11.6 Å². The van der Waals surface area contributed by atoms with E-state index in [-0.39, 0.29) is 24.2 Å². The van der Waals surface area contributed by atoms with Gasteiger partial charge in [-0.15, -0.1) is 0 Å². The maximum absolute atomic E-state index is 14.1. The van der Waals surface area contributed by atoms with Crippen molar-refractivity contribution in [2.75, 3.05) is 7.11 Å². The first kappa shape index (κ1) is 18.5. The standard InChI is InChI=1S/C21H19ClFN3O2/c1-25-19(16(22)11-24-25)10-18-14-5-3-4-6-15(14)21(27)26(18)12-13-7-8-20(28-2)17(23)9-13/h3-9,11,18H,10,12H2,1-2H3/t18-/m1/s1. The van der Waals surface area contributed by atoms with Crippen LogP contribution in [0.15, 0.2) is 48.7 Å². The first-order valence-electron chi connectivity index (χ1n) is 8.88. The number of aryl methyl sites for hydroxylation is 1. The molecule has 5 nitrogen and oxygen atoms in total. The molecule has 0 unspecified atom stereocenters.